The van der Waals surface area contributed by atoms with Gasteiger partial charge in [0.15, 0.2) is 0 Å². The Morgan fingerprint density at radius 1 is 0.674 bits per heavy atom. The minimum absolute atomic E-state index is 0.0493. The molecule has 0 aliphatic rings. The van der Waals surface area contributed by atoms with Crippen molar-refractivity contribution >= 4 is 66.2 Å². The fourth-order valence-corrected chi connectivity index (χ4v) is 6.88. The molecule has 0 saturated heterocycles. The molecule has 0 heterocycles. The summed E-state index contributed by atoms with van der Waals surface area (Å²) in [4.78, 5) is 12.3. The molecule has 0 saturated carbocycles. The van der Waals surface area contributed by atoms with Gasteiger partial charge in [0.05, 0.1) is 20.5 Å². The quantitative estimate of drug-likeness (QED) is 0.179. The number of hydrogen-bond donors (Lipinski definition) is 3. The first kappa shape index (κ1) is 32.1. The van der Waals surface area contributed by atoms with E-state index in [0.717, 1.165) is 41.5 Å². The zero-order chi connectivity index (χ0) is 31.7. The molecular weight excluding hydrogens is 650 g/mol. The Morgan fingerprint density at radius 3 is 1.84 bits per heavy atom. The van der Waals surface area contributed by atoms with Crippen molar-refractivity contribution in [2.24, 2.45) is 0 Å². The highest BCUT2D eigenvalue weighted by atomic mass is 35.5. The number of carbonyl (C=O) groups excluding carboxylic acids is 1. The first-order valence-corrected chi connectivity index (χ1v) is 15.9. The smallest absolute Gasteiger partial charge is 0.322 e. The summed E-state index contributed by atoms with van der Waals surface area (Å²) in [5.41, 5.74) is 0.555. The second-order valence-electron chi connectivity index (χ2n) is 9.40. The number of carbonyl (C=O) groups is 1. The van der Waals surface area contributed by atoms with Crippen molar-refractivity contribution < 1.29 is 34.8 Å². The standard InChI is InChI=1S/C28H22Cl2F3N3O5S2/c1-16-11-17(2)13-21(12-16)36-43(40,41)26-14-18(3-9-25(26)30)27(37)34-19-4-7-22(8-5-19)42(38,39)35-20-6-10-24(29)23(15-20)28(31,32)33/h3-15,35-36H,1-2H3,(H,34,37). The maximum Gasteiger partial charge on any atom is 0.417 e. The molecule has 0 aromatic heterocycles. The van der Waals surface area contributed by atoms with Crippen LogP contribution >= 0.6 is 23.2 Å². The molecule has 226 valence electrons. The number of nitrogens with one attached hydrogen (secondary N) is 3. The average molecular weight is 673 g/mol. The minimum Gasteiger partial charge on any atom is -0.322 e. The molecule has 15 heteroatoms. The van der Waals surface area contributed by atoms with Crippen molar-refractivity contribution in [3.8, 4) is 0 Å². The van der Waals surface area contributed by atoms with Crippen molar-refractivity contribution in [1.29, 1.82) is 0 Å². The van der Waals surface area contributed by atoms with Crippen LogP contribution < -0.4 is 14.8 Å². The van der Waals surface area contributed by atoms with E-state index in [9.17, 15) is 34.8 Å². The topological polar surface area (TPSA) is 121 Å². The molecule has 0 radical (unpaired) electrons. The van der Waals surface area contributed by atoms with Gasteiger partial charge < -0.3 is 5.32 Å². The number of anilines is 3. The van der Waals surface area contributed by atoms with Crippen molar-refractivity contribution in [3.63, 3.8) is 0 Å². The lowest BCUT2D eigenvalue weighted by molar-refractivity contribution is -0.137. The summed E-state index contributed by atoms with van der Waals surface area (Å²) in [6.07, 6.45) is -4.79. The SMILES string of the molecule is Cc1cc(C)cc(NS(=O)(=O)c2cc(C(=O)Nc3ccc(S(=O)(=O)Nc4ccc(Cl)c(C(F)(F)F)c4)cc3)ccc2Cl)c1. The van der Waals surface area contributed by atoms with Crippen LogP contribution in [0.3, 0.4) is 0 Å². The first-order valence-electron chi connectivity index (χ1n) is 12.2. The van der Waals surface area contributed by atoms with Crippen LogP contribution in [-0.2, 0) is 26.2 Å². The average Bonchev–Trinajstić information content (AvgIpc) is 2.88. The molecule has 0 bridgehead atoms. The van der Waals surface area contributed by atoms with E-state index in [1.165, 1.54) is 24.3 Å². The Morgan fingerprint density at radius 2 is 1.23 bits per heavy atom. The highest BCUT2D eigenvalue weighted by Crippen LogP contribution is 2.36. The Kier molecular flexibility index (Phi) is 9.03. The van der Waals surface area contributed by atoms with Crippen molar-refractivity contribution in [2.75, 3.05) is 14.8 Å². The largest absolute Gasteiger partial charge is 0.417 e. The summed E-state index contributed by atoms with van der Waals surface area (Å²) in [7, 11) is -8.48. The molecule has 0 fully saturated rings. The number of amides is 1. The van der Waals surface area contributed by atoms with Gasteiger partial charge in [0.1, 0.15) is 4.90 Å². The molecular formula is C28H22Cl2F3N3O5S2. The van der Waals surface area contributed by atoms with E-state index in [0.29, 0.717) is 11.8 Å². The van der Waals surface area contributed by atoms with Crippen LogP contribution in [0.15, 0.2) is 88.7 Å². The molecule has 0 spiro atoms. The lowest BCUT2D eigenvalue weighted by Gasteiger charge is -2.13. The summed E-state index contributed by atoms with van der Waals surface area (Å²) < 4.78 is 95.6. The van der Waals surface area contributed by atoms with E-state index in [-0.39, 0.29) is 31.8 Å². The van der Waals surface area contributed by atoms with Crippen LogP contribution in [0.2, 0.25) is 10.0 Å². The van der Waals surface area contributed by atoms with Crippen LogP contribution in [-0.4, -0.2) is 22.7 Å². The molecule has 4 aromatic carbocycles. The second kappa shape index (κ2) is 12.1. The van der Waals surface area contributed by atoms with Crippen LogP contribution in [0.5, 0.6) is 0 Å². The molecule has 0 atom stereocenters. The number of hydrogen-bond acceptors (Lipinski definition) is 5. The van der Waals surface area contributed by atoms with Crippen LogP contribution in [0.1, 0.15) is 27.0 Å². The first-order chi connectivity index (χ1) is 19.9. The number of halogens is 5. The number of sulfonamides is 2. The third-order valence-corrected chi connectivity index (χ3v) is 9.49. The van der Waals surface area contributed by atoms with Gasteiger partial charge in [0, 0.05) is 22.6 Å². The fraction of sp³-hybridized carbons (Fsp3) is 0.107. The van der Waals surface area contributed by atoms with E-state index in [4.69, 9.17) is 23.2 Å². The van der Waals surface area contributed by atoms with Gasteiger partial charge >= 0.3 is 6.18 Å². The molecule has 43 heavy (non-hydrogen) atoms. The second-order valence-corrected chi connectivity index (χ2v) is 13.6. The van der Waals surface area contributed by atoms with Gasteiger partial charge in [-0.2, -0.15) is 13.2 Å². The van der Waals surface area contributed by atoms with Crippen molar-refractivity contribution in [1.82, 2.24) is 0 Å². The molecule has 4 aromatic rings. The minimum atomic E-state index is -4.79. The fourth-order valence-electron chi connectivity index (χ4n) is 4.04. The predicted molar refractivity (Wildman–Crippen MR) is 160 cm³/mol. The van der Waals surface area contributed by atoms with Crippen LogP contribution in [0, 0.1) is 13.8 Å². The lowest BCUT2D eigenvalue weighted by Crippen LogP contribution is -2.17. The molecule has 0 aliphatic heterocycles. The highest BCUT2D eigenvalue weighted by Gasteiger charge is 2.33. The van der Waals surface area contributed by atoms with Gasteiger partial charge in [-0.1, -0.05) is 29.3 Å². The predicted octanol–water partition coefficient (Wildman–Crippen LogP) is 7.48. The monoisotopic (exact) mass is 671 g/mol. The molecule has 3 N–H and O–H groups in total. The normalized spacial score (nSPS) is 12.1. The van der Waals surface area contributed by atoms with Gasteiger partial charge in [-0.05, 0) is 97.8 Å². The summed E-state index contributed by atoms with van der Waals surface area (Å²) in [6, 6.07) is 16.2. The Balaban J connectivity index is 1.50. The molecule has 4 rings (SSSR count). The molecule has 8 nitrogen and oxygen atoms in total. The third kappa shape index (κ3) is 7.79. The van der Waals surface area contributed by atoms with E-state index < -0.39 is 42.7 Å². The number of benzene rings is 4. The van der Waals surface area contributed by atoms with Gasteiger partial charge in [-0.15, -0.1) is 0 Å². The summed E-state index contributed by atoms with van der Waals surface area (Å²) in [5.74, 6) is -0.714. The summed E-state index contributed by atoms with van der Waals surface area (Å²) >= 11 is 11.7. The third-order valence-electron chi connectivity index (χ3n) is 5.90. The highest BCUT2D eigenvalue weighted by molar-refractivity contribution is 7.93. The van der Waals surface area contributed by atoms with Gasteiger partial charge in [0.25, 0.3) is 26.0 Å². The maximum atomic E-state index is 13.1. The van der Waals surface area contributed by atoms with E-state index in [2.05, 4.69) is 14.8 Å². The van der Waals surface area contributed by atoms with Crippen LogP contribution in [0.25, 0.3) is 0 Å². The zero-order valence-corrected chi connectivity index (χ0v) is 25.4. The van der Waals surface area contributed by atoms with Gasteiger partial charge in [-0.3, -0.25) is 14.2 Å². The van der Waals surface area contributed by atoms with E-state index in [1.807, 2.05) is 19.9 Å². The Hall–Kier alpha value is -3.78. The number of alkyl halides is 3. The van der Waals surface area contributed by atoms with Crippen LogP contribution in [0.4, 0.5) is 30.2 Å². The van der Waals surface area contributed by atoms with Crippen molar-refractivity contribution in [2.45, 2.75) is 29.8 Å². The zero-order valence-electron chi connectivity index (χ0n) is 22.3. The van der Waals surface area contributed by atoms with E-state index >= 15 is 0 Å². The van der Waals surface area contributed by atoms with E-state index in [1.54, 1.807) is 12.1 Å². The lowest BCUT2D eigenvalue weighted by atomic mass is 10.1. The number of aryl methyl sites for hydroxylation is 2. The van der Waals surface area contributed by atoms with Gasteiger partial charge in [0.2, 0.25) is 0 Å². The van der Waals surface area contributed by atoms with Crippen molar-refractivity contribution in [3.05, 3.63) is 111 Å². The Bertz CT molecular complexity index is 1910. The molecule has 1 amide bonds. The number of rotatable bonds is 8. The summed E-state index contributed by atoms with van der Waals surface area (Å²) in [6.45, 7) is 3.63. The Labute approximate surface area is 255 Å². The molecule has 0 aliphatic carbocycles. The molecule has 0 unspecified atom stereocenters. The van der Waals surface area contributed by atoms with Gasteiger partial charge in [-0.25, -0.2) is 16.8 Å². The summed E-state index contributed by atoms with van der Waals surface area (Å²) in [5, 5.41) is 1.83. The maximum absolute atomic E-state index is 13.1.